The maximum atomic E-state index is 12.2. The van der Waals surface area contributed by atoms with E-state index in [0.717, 1.165) is 23.1 Å². The first kappa shape index (κ1) is 12.3. The summed E-state index contributed by atoms with van der Waals surface area (Å²) in [6, 6.07) is 7.49. The number of amides is 1. The number of hydrogen-bond acceptors (Lipinski definition) is 3. The second kappa shape index (κ2) is 4.42. The van der Waals surface area contributed by atoms with Gasteiger partial charge in [0.2, 0.25) is 10.7 Å². The minimum Gasteiger partial charge on any atom is -0.310 e. The van der Waals surface area contributed by atoms with Crippen LogP contribution in [-0.4, -0.2) is 15.5 Å². The number of anilines is 1. The monoisotopic (exact) mass is 273 g/mol. The van der Waals surface area contributed by atoms with E-state index >= 15 is 0 Å². The van der Waals surface area contributed by atoms with Crippen molar-refractivity contribution in [2.75, 3.05) is 5.32 Å². The van der Waals surface area contributed by atoms with E-state index in [0.29, 0.717) is 10.7 Å². The van der Waals surface area contributed by atoms with Crippen LogP contribution in [0.5, 0.6) is 0 Å². The Morgan fingerprint density at radius 3 is 2.89 bits per heavy atom. The van der Waals surface area contributed by atoms with Gasteiger partial charge in [0.1, 0.15) is 11.9 Å². The topological polar surface area (TPSA) is 46.9 Å². The summed E-state index contributed by atoms with van der Waals surface area (Å²) in [5.41, 5.74) is 0.823. The van der Waals surface area contributed by atoms with E-state index in [4.69, 9.17) is 12.2 Å². The zero-order valence-corrected chi connectivity index (χ0v) is 11.7. The minimum atomic E-state index is -0.236. The summed E-state index contributed by atoms with van der Waals surface area (Å²) < 4.78 is 2.33. The number of benzene rings is 1. The van der Waals surface area contributed by atoms with E-state index in [1.807, 2.05) is 28.8 Å². The lowest BCUT2D eigenvalue weighted by molar-refractivity contribution is -0.118. The molecule has 0 aliphatic carbocycles. The summed E-state index contributed by atoms with van der Waals surface area (Å²) in [4.78, 5) is 16.6. The predicted molar refractivity (Wildman–Crippen MR) is 77.7 cm³/mol. The average molecular weight is 273 g/mol. The SMILES string of the molecule is CC(C)CC1C(=O)Nc2c3ccccc3nc(=S)n21. The Bertz CT molecular complexity index is 720. The standard InChI is InChI=1S/C14H15N3OS/c1-8(2)7-11-13(18)16-12-9-5-3-4-6-10(9)15-14(19)17(11)12/h3-6,8,11H,7H2,1-2H3,(H,16,18). The van der Waals surface area contributed by atoms with Gasteiger partial charge in [0.05, 0.1) is 5.52 Å². The lowest BCUT2D eigenvalue weighted by Gasteiger charge is -2.14. The van der Waals surface area contributed by atoms with E-state index in [2.05, 4.69) is 24.1 Å². The second-order valence-corrected chi connectivity index (χ2v) is 5.63. The van der Waals surface area contributed by atoms with Crippen LogP contribution in [0.1, 0.15) is 26.3 Å². The first-order chi connectivity index (χ1) is 9.08. The molecule has 1 aromatic heterocycles. The summed E-state index contributed by atoms with van der Waals surface area (Å²) in [7, 11) is 0. The van der Waals surface area contributed by atoms with Crippen LogP contribution in [0, 0.1) is 10.7 Å². The van der Waals surface area contributed by atoms with Crippen LogP contribution in [-0.2, 0) is 4.79 Å². The first-order valence-corrected chi connectivity index (χ1v) is 6.81. The number of aromatic nitrogens is 2. The Balaban J connectivity index is 2.25. The van der Waals surface area contributed by atoms with Gasteiger partial charge in [-0.1, -0.05) is 26.0 Å². The summed E-state index contributed by atoms with van der Waals surface area (Å²) >= 11 is 5.35. The Morgan fingerprint density at radius 1 is 1.42 bits per heavy atom. The van der Waals surface area contributed by atoms with Crippen molar-refractivity contribution in [1.29, 1.82) is 0 Å². The van der Waals surface area contributed by atoms with Gasteiger partial charge in [0.15, 0.2) is 0 Å². The van der Waals surface area contributed by atoms with Crippen molar-refractivity contribution >= 4 is 34.8 Å². The Hall–Kier alpha value is -1.75. The third kappa shape index (κ3) is 1.94. The van der Waals surface area contributed by atoms with Gasteiger partial charge < -0.3 is 5.32 Å². The predicted octanol–water partition coefficient (Wildman–Crippen LogP) is 3.31. The van der Waals surface area contributed by atoms with Crippen molar-refractivity contribution in [3.8, 4) is 0 Å². The van der Waals surface area contributed by atoms with E-state index in [1.54, 1.807) is 0 Å². The molecule has 19 heavy (non-hydrogen) atoms. The number of rotatable bonds is 2. The maximum Gasteiger partial charge on any atom is 0.248 e. The number of para-hydroxylation sites is 1. The first-order valence-electron chi connectivity index (χ1n) is 6.40. The van der Waals surface area contributed by atoms with Gasteiger partial charge in [0.25, 0.3) is 0 Å². The largest absolute Gasteiger partial charge is 0.310 e. The van der Waals surface area contributed by atoms with Gasteiger partial charge in [0, 0.05) is 5.39 Å². The molecule has 98 valence electrons. The van der Waals surface area contributed by atoms with E-state index in [-0.39, 0.29) is 11.9 Å². The Labute approximate surface area is 116 Å². The highest BCUT2D eigenvalue weighted by Gasteiger charge is 2.32. The molecule has 0 radical (unpaired) electrons. The molecule has 3 rings (SSSR count). The summed E-state index contributed by atoms with van der Waals surface area (Å²) in [5, 5.41) is 3.89. The molecule has 1 aliphatic rings. The normalized spacial score (nSPS) is 17.8. The number of fused-ring (bicyclic) bond motifs is 3. The van der Waals surface area contributed by atoms with Gasteiger partial charge in [-0.3, -0.25) is 9.36 Å². The molecule has 1 amide bonds. The van der Waals surface area contributed by atoms with Gasteiger partial charge in [-0.2, -0.15) is 0 Å². The number of carbonyl (C=O) groups is 1. The molecule has 0 fully saturated rings. The average Bonchev–Trinajstić information content (AvgIpc) is 2.67. The molecule has 1 unspecified atom stereocenters. The highest BCUT2D eigenvalue weighted by molar-refractivity contribution is 7.71. The smallest absolute Gasteiger partial charge is 0.248 e. The molecule has 4 nitrogen and oxygen atoms in total. The quantitative estimate of drug-likeness (QED) is 0.854. The number of carbonyl (C=O) groups excluding carboxylic acids is 1. The van der Waals surface area contributed by atoms with E-state index < -0.39 is 0 Å². The molecular weight excluding hydrogens is 258 g/mol. The molecule has 5 heteroatoms. The number of nitrogens with one attached hydrogen (secondary N) is 1. The summed E-state index contributed by atoms with van der Waals surface area (Å²) in [6.45, 7) is 4.20. The molecular formula is C14H15N3OS. The van der Waals surface area contributed by atoms with Crippen molar-refractivity contribution in [2.45, 2.75) is 26.3 Å². The van der Waals surface area contributed by atoms with Gasteiger partial charge in [-0.15, -0.1) is 0 Å². The third-order valence-corrected chi connectivity index (χ3v) is 3.66. The molecule has 2 heterocycles. The fourth-order valence-electron chi connectivity index (χ4n) is 2.55. The van der Waals surface area contributed by atoms with Crippen LogP contribution in [0.3, 0.4) is 0 Å². The van der Waals surface area contributed by atoms with Gasteiger partial charge in [-0.05, 0) is 36.7 Å². The number of nitrogens with zero attached hydrogens (tertiary/aromatic N) is 2. The number of hydrogen-bond donors (Lipinski definition) is 1. The molecule has 1 atom stereocenters. The molecule has 0 saturated carbocycles. The van der Waals surface area contributed by atoms with Crippen molar-refractivity contribution in [3.05, 3.63) is 29.0 Å². The van der Waals surface area contributed by atoms with Crippen molar-refractivity contribution in [1.82, 2.24) is 9.55 Å². The lowest BCUT2D eigenvalue weighted by Crippen LogP contribution is -2.17. The van der Waals surface area contributed by atoms with Crippen molar-refractivity contribution < 1.29 is 4.79 Å². The van der Waals surface area contributed by atoms with E-state index in [1.165, 1.54) is 0 Å². The molecule has 0 saturated heterocycles. The highest BCUT2D eigenvalue weighted by Crippen LogP contribution is 2.34. The second-order valence-electron chi connectivity index (χ2n) is 5.26. The molecule has 1 aliphatic heterocycles. The van der Waals surface area contributed by atoms with E-state index in [9.17, 15) is 4.79 Å². The Morgan fingerprint density at radius 2 is 2.16 bits per heavy atom. The van der Waals surface area contributed by atoms with Crippen LogP contribution in [0.4, 0.5) is 5.82 Å². The lowest BCUT2D eigenvalue weighted by atomic mass is 10.0. The van der Waals surface area contributed by atoms with Crippen LogP contribution < -0.4 is 5.32 Å². The van der Waals surface area contributed by atoms with Gasteiger partial charge >= 0.3 is 0 Å². The molecule has 0 spiro atoms. The fourth-order valence-corrected chi connectivity index (χ4v) is 2.86. The van der Waals surface area contributed by atoms with Crippen molar-refractivity contribution in [2.24, 2.45) is 5.92 Å². The van der Waals surface area contributed by atoms with Crippen LogP contribution in [0.2, 0.25) is 0 Å². The van der Waals surface area contributed by atoms with Crippen LogP contribution in [0.15, 0.2) is 24.3 Å². The molecule has 1 N–H and O–H groups in total. The zero-order chi connectivity index (χ0) is 13.6. The molecule has 2 aromatic rings. The summed E-state index contributed by atoms with van der Waals surface area (Å²) in [5.74, 6) is 1.22. The Kier molecular flexibility index (Phi) is 2.86. The van der Waals surface area contributed by atoms with Crippen LogP contribution in [0.25, 0.3) is 10.9 Å². The summed E-state index contributed by atoms with van der Waals surface area (Å²) in [6.07, 6.45) is 0.771. The van der Waals surface area contributed by atoms with Crippen molar-refractivity contribution in [3.63, 3.8) is 0 Å². The van der Waals surface area contributed by atoms with Gasteiger partial charge in [-0.25, -0.2) is 4.98 Å². The highest BCUT2D eigenvalue weighted by atomic mass is 32.1. The molecule has 1 aromatic carbocycles. The minimum absolute atomic E-state index is 0.0120. The fraction of sp³-hybridized carbons (Fsp3) is 0.357. The zero-order valence-electron chi connectivity index (χ0n) is 10.9. The maximum absolute atomic E-state index is 12.2. The van der Waals surface area contributed by atoms with Crippen LogP contribution >= 0.6 is 12.2 Å². The molecule has 0 bridgehead atoms. The third-order valence-electron chi connectivity index (χ3n) is 3.37.